The van der Waals surface area contributed by atoms with Gasteiger partial charge in [-0.2, -0.15) is 0 Å². The summed E-state index contributed by atoms with van der Waals surface area (Å²) in [4.78, 5) is 37.7. The van der Waals surface area contributed by atoms with Crippen LogP contribution in [0.3, 0.4) is 0 Å². The largest absolute Gasteiger partial charge is 0.470 e. The molecule has 1 atom stereocenters. The fourth-order valence-electron chi connectivity index (χ4n) is 3.42. The summed E-state index contributed by atoms with van der Waals surface area (Å²) < 4.78 is 5.14. The van der Waals surface area contributed by atoms with Crippen LogP contribution < -0.4 is 5.73 Å². The van der Waals surface area contributed by atoms with Crippen LogP contribution in [-0.2, 0) is 19.7 Å². The first kappa shape index (κ1) is 20.3. The van der Waals surface area contributed by atoms with E-state index in [2.05, 4.69) is 0 Å². The number of ether oxygens (including phenoxy) is 1. The molecule has 1 aromatic rings. The summed E-state index contributed by atoms with van der Waals surface area (Å²) >= 11 is 0. The van der Waals surface area contributed by atoms with E-state index in [0.717, 1.165) is 17.4 Å². The standard InChI is InChI=1S/C23H24N2O4/c1-23(2,3)18-11-16(10-17(12-18)22(24)28)21(25-6-8-29-9-7-25)20-13-19(27)5-4-15(20)14-26/h4-12,14,21H,13H2,1-3H3,(H2,24,28). The molecule has 2 aliphatic rings. The summed E-state index contributed by atoms with van der Waals surface area (Å²) in [5, 5.41) is 0. The molecule has 6 heteroatoms. The molecule has 1 unspecified atom stereocenters. The molecule has 1 aromatic carbocycles. The van der Waals surface area contributed by atoms with Crippen molar-refractivity contribution < 1.29 is 19.1 Å². The number of carbonyl (C=O) groups excluding carboxylic acids is 3. The normalized spacial score (nSPS) is 17.3. The molecule has 0 spiro atoms. The Morgan fingerprint density at radius 3 is 2.45 bits per heavy atom. The second-order valence-corrected chi connectivity index (χ2v) is 8.09. The van der Waals surface area contributed by atoms with Crippen molar-refractivity contribution in [1.29, 1.82) is 0 Å². The number of hydrogen-bond acceptors (Lipinski definition) is 5. The van der Waals surface area contributed by atoms with Crippen molar-refractivity contribution in [2.75, 3.05) is 0 Å². The molecule has 0 radical (unpaired) electrons. The molecule has 0 saturated heterocycles. The van der Waals surface area contributed by atoms with E-state index in [-0.39, 0.29) is 17.6 Å². The first-order chi connectivity index (χ1) is 13.7. The number of amides is 1. The van der Waals surface area contributed by atoms with E-state index in [1.54, 1.807) is 24.5 Å². The molecule has 1 aliphatic carbocycles. The van der Waals surface area contributed by atoms with Crippen LogP contribution in [0, 0.1) is 0 Å². The molecule has 1 aliphatic heterocycles. The van der Waals surface area contributed by atoms with Gasteiger partial charge >= 0.3 is 0 Å². The number of nitrogens with two attached hydrogens (primary N) is 1. The van der Waals surface area contributed by atoms with Crippen molar-refractivity contribution in [3.05, 3.63) is 83.1 Å². The van der Waals surface area contributed by atoms with Crippen LogP contribution in [0.15, 0.2) is 66.4 Å². The molecule has 2 N–H and O–H groups in total. The van der Waals surface area contributed by atoms with Gasteiger partial charge in [0.15, 0.2) is 5.78 Å². The van der Waals surface area contributed by atoms with Crippen molar-refractivity contribution in [3.63, 3.8) is 0 Å². The van der Waals surface area contributed by atoms with E-state index in [1.807, 2.05) is 31.7 Å². The number of nitrogens with zero attached hydrogens (tertiary/aromatic N) is 1. The fourth-order valence-corrected chi connectivity index (χ4v) is 3.42. The number of allylic oxidation sites excluding steroid dienone is 3. The number of benzene rings is 1. The van der Waals surface area contributed by atoms with E-state index in [9.17, 15) is 14.4 Å². The van der Waals surface area contributed by atoms with Crippen LogP contribution in [0.4, 0.5) is 0 Å². The Kier molecular flexibility index (Phi) is 5.55. The average Bonchev–Trinajstić information content (AvgIpc) is 2.68. The Morgan fingerprint density at radius 1 is 1.17 bits per heavy atom. The van der Waals surface area contributed by atoms with E-state index in [4.69, 9.17) is 10.5 Å². The minimum Gasteiger partial charge on any atom is -0.470 e. The van der Waals surface area contributed by atoms with E-state index >= 15 is 0 Å². The van der Waals surface area contributed by atoms with Crippen molar-refractivity contribution in [2.45, 2.75) is 38.6 Å². The highest BCUT2D eigenvalue weighted by atomic mass is 16.5. The summed E-state index contributed by atoms with van der Waals surface area (Å²) in [6, 6.07) is 5.03. The van der Waals surface area contributed by atoms with E-state index < -0.39 is 11.9 Å². The van der Waals surface area contributed by atoms with Crippen LogP contribution in [0.25, 0.3) is 0 Å². The lowest BCUT2D eigenvalue weighted by atomic mass is 9.81. The number of carbonyl (C=O) groups is 3. The minimum absolute atomic E-state index is 0.0843. The van der Waals surface area contributed by atoms with Crippen molar-refractivity contribution >= 4 is 18.0 Å². The van der Waals surface area contributed by atoms with Crippen LogP contribution >= 0.6 is 0 Å². The molecule has 0 fully saturated rings. The van der Waals surface area contributed by atoms with Gasteiger partial charge in [0.1, 0.15) is 18.8 Å². The zero-order chi connectivity index (χ0) is 21.2. The van der Waals surface area contributed by atoms with Gasteiger partial charge < -0.3 is 15.4 Å². The number of rotatable bonds is 5. The summed E-state index contributed by atoms with van der Waals surface area (Å²) in [6.45, 7) is 6.14. The zero-order valence-electron chi connectivity index (χ0n) is 16.7. The Bertz CT molecular complexity index is 965. The topological polar surface area (TPSA) is 89.7 Å². The Labute approximate surface area is 170 Å². The van der Waals surface area contributed by atoms with E-state index in [1.165, 1.54) is 24.7 Å². The average molecular weight is 392 g/mol. The van der Waals surface area contributed by atoms with Crippen molar-refractivity contribution in [2.24, 2.45) is 5.73 Å². The van der Waals surface area contributed by atoms with Gasteiger partial charge in [-0.3, -0.25) is 14.4 Å². The molecule has 0 bridgehead atoms. The first-order valence-corrected chi connectivity index (χ1v) is 9.31. The molecule has 150 valence electrons. The second-order valence-electron chi connectivity index (χ2n) is 8.09. The third-order valence-electron chi connectivity index (χ3n) is 4.98. The van der Waals surface area contributed by atoms with Gasteiger partial charge in [-0.1, -0.05) is 26.8 Å². The lowest BCUT2D eigenvalue weighted by Crippen LogP contribution is -2.26. The van der Waals surface area contributed by atoms with Gasteiger partial charge in [-0.25, -0.2) is 0 Å². The highest BCUT2D eigenvalue weighted by molar-refractivity contribution is 5.98. The number of ketones is 1. The van der Waals surface area contributed by atoms with Crippen LogP contribution in [0.2, 0.25) is 0 Å². The quantitative estimate of drug-likeness (QED) is 0.776. The van der Waals surface area contributed by atoms with E-state index in [0.29, 0.717) is 16.7 Å². The van der Waals surface area contributed by atoms with Gasteiger partial charge in [0, 0.05) is 30.0 Å². The molecule has 0 saturated carbocycles. The molecule has 3 rings (SSSR count). The van der Waals surface area contributed by atoms with Crippen LogP contribution in [0.5, 0.6) is 0 Å². The van der Waals surface area contributed by atoms with Gasteiger partial charge in [0.2, 0.25) is 5.91 Å². The van der Waals surface area contributed by atoms with Gasteiger partial charge in [0.25, 0.3) is 0 Å². The zero-order valence-corrected chi connectivity index (χ0v) is 16.7. The number of primary amides is 1. The lowest BCUT2D eigenvalue weighted by molar-refractivity contribution is -0.114. The summed E-state index contributed by atoms with van der Waals surface area (Å²) in [7, 11) is 0. The van der Waals surface area contributed by atoms with Gasteiger partial charge in [-0.05, 0) is 46.4 Å². The SMILES string of the molecule is CC(C)(C)c1cc(C(N)=O)cc(C(C2=C(C=O)C=CC(=O)C2)N2C=COC=C2)c1. The first-order valence-electron chi connectivity index (χ1n) is 9.31. The maximum atomic E-state index is 12.2. The Hall–Kier alpha value is -3.41. The molecule has 6 nitrogen and oxygen atoms in total. The molecule has 29 heavy (non-hydrogen) atoms. The maximum absolute atomic E-state index is 12.2. The monoisotopic (exact) mass is 392 g/mol. The molecule has 0 aromatic heterocycles. The van der Waals surface area contributed by atoms with Crippen molar-refractivity contribution in [3.8, 4) is 0 Å². The van der Waals surface area contributed by atoms with Crippen molar-refractivity contribution in [1.82, 2.24) is 4.90 Å². The third-order valence-corrected chi connectivity index (χ3v) is 4.98. The molecule has 1 heterocycles. The minimum atomic E-state index is -0.534. The van der Waals surface area contributed by atoms with Gasteiger partial charge in [-0.15, -0.1) is 0 Å². The highest BCUT2D eigenvalue weighted by Crippen LogP contribution is 2.38. The molecule has 1 amide bonds. The Balaban J connectivity index is 2.26. The molecular weight excluding hydrogens is 368 g/mol. The van der Waals surface area contributed by atoms with Crippen LogP contribution in [-0.4, -0.2) is 22.9 Å². The smallest absolute Gasteiger partial charge is 0.248 e. The predicted molar refractivity (Wildman–Crippen MR) is 109 cm³/mol. The Morgan fingerprint density at radius 2 is 1.86 bits per heavy atom. The predicted octanol–water partition coefficient (Wildman–Crippen LogP) is 3.42. The second kappa shape index (κ2) is 7.91. The third kappa shape index (κ3) is 4.37. The fraction of sp³-hybridized carbons (Fsp3) is 0.261. The van der Waals surface area contributed by atoms with Crippen LogP contribution in [0.1, 0.15) is 54.7 Å². The molecular formula is C23H24N2O4. The number of aldehydes is 1. The highest BCUT2D eigenvalue weighted by Gasteiger charge is 2.29. The maximum Gasteiger partial charge on any atom is 0.248 e. The summed E-state index contributed by atoms with van der Waals surface area (Å²) in [5.41, 5.74) is 8.54. The lowest BCUT2D eigenvalue weighted by Gasteiger charge is -2.33. The number of hydrogen-bond donors (Lipinski definition) is 1. The van der Waals surface area contributed by atoms with Gasteiger partial charge in [0.05, 0.1) is 6.04 Å². The summed E-state index contributed by atoms with van der Waals surface area (Å²) in [6.07, 6.45) is 10.3. The summed E-state index contributed by atoms with van der Waals surface area (Å²) in [5.74, 6) is -0.618.